The molecule has 1 aromatic heterocycles. The first-order valence-corrected chi connectivity index (χ1v) is 9.05. The standard InChI is InChI=1S/C16H21N3O3S/c1-4-14-13(15(5-2)22-19-14)10-17-16(20)18-11-7-6-8-12(9-11)23(3)21/h6-9H,4-5,10H2,1-3H3,(H2,17,18,20)/t23-/m0/s1. The number of carbonyl (C=O) groups excluding carboxylic acids is 1. The minimum atomic E-state index is -1.08. The molecule has 0 bridgehead atoms. The van der Waals surface area contributed by atoms with Crippen molar-refractivity contribution in [1.82, 2.24) is 10.5 Å². The Kier molecular flexibility index (Phi) is 5.92. The molecule has 2 aromatic rings. The number of hydrogen-bond donors (Lipinski definition) is 2. The van der Waals surface area contributed by atoms with Crippen molar-refractivity contribution in [3.63, 3.8) is 0 Å². The van der Waals surface area contributed by atoms with Crippen molar-refractivity contribution < 1.29 is 13.5 Å². The van der Waals surface area contributed by atoms with E-state index in [1.807, 2.05) is 13.8 Å². The molecule has 0 spiro atoms. The summed E-state index contributed by atoms with van der Waals surface area (Å²) in [6, 6.07) is 6.65. The number of amides is 2. The van der Waals surface area contributed by atoms with Gasteiger partial charge >= 0.3 is 6.03 Å². The highest BCUT2D eigenvalue weighted by atomic mass is 32.2. The van der Waals surface area contributed by atoms with Crippen LogP contribution in [0.15, 0.2) is 33.7 Å². The average molecular weight is 335 g/mol. The summed E-state index contributed by atoms with van der Waals surface area (Å²) < 4.78 is 16.7. The van der Waals surface area contributed by atoms with E-state index in [1.54, 1.807) is 30.5 Å². The Hall–Kier alpha value is -2.15. The van der Waals surface area contributed by atoms with E-state index >= 15 is 0 Å². The van der Waals surface area contributed by atoms with Gasteiger partial charge in [0, 0.05) is 46.2 Å². The molecule has 7 heteroatoms. The van der Waals surface area contributed by atoms with E-state index < -0.39 is 10.8 Å². The molecule has 1 heterocycles. The number of benzene rings is 1. The van der Waals surface area contributed by atoms with Crippen LogP contribution in [0.1, 0.15) is 30.9 Å². The van der Waals surface area contributed by atoms with Gasteiger partial charge in [-0.15, -0.1) is 0 Å². The van der Waals surface area contributed by atoms with E-state index in [0.717, 1.165) is 29.9 Å². The Morgan fingerprint density at radius 2 is 2.09 bits per heavy atom. The summed E-state index contributed by atoms with van der Waals surface area (Å²) in [5, 5.41) is 9.56. The van der Waals surface area contributed by atoms with E-state index in [0.29, 0.717) is 17.1 Å². The van der Waals surface area contributed by atoms with Crippen LogP contribution in [0.4, 0.5) is 10.5 Å². The summed E-state index contributed by atoms with van der Waals surface area (Å²) in [7, 11) is -1.08. The van der Waals surface area contributed by atoms with Crippen LogP contribution in [-0.2, 0) is 30.2 Å². The number of carbonyl (C=O) groups is 1. The lowest BCUT2D eigenvalue weighted by Crippen LogP contribution is -2.28. The molecule has 0 fully saturated rings. The number of nitrogens with one attached hydrogen (secondary N) is 2. The Bertz CT molecular complexity index is 691. The van der Waals surface area contributed by atoms with E-state index in [9.17, 15) is 9.00 Å². The van der Waals surface area contributed by atoms with Crippen molar-refractivity contribution >= 4 is 22.5 Å². The van der Waals surface area contributed by atoms with E-state index in [4.69, 9.17) is 4.52 Å². The zero-order chi connectivity index (χ0) is 16.8. The summed E-state index contributed by atoms with van der Waals surface area (Å²) in [5.74, 6) is 0.797. The molecule has 1 atom stereocenters. The molecule has 2 rings (SSSR count). The van der Waals surface area contributed by atoms with E-state index in [1.165, 1.54) is 0 Å². The average Bonchev–Trinajstić information content (AvgIpc) is 2.95. The summed E-state index contributed by atoms with van der Waals surface area (Å²) >= 11 is 0. The molecule has 2 amide bonds. The Morgan fingerprint density at radius 1 is 1.30 bits per heavy atom. The number of anilines is 1. The molecule has 1 aromatic carbocycles. The maximum Gasteiger partial charge on any atom is 0.319 e. The first-order chi connectivity index (χ1) is 11.0. The predicted octanol–water partition coefficient (Wildman–Crippen LogP) is 2.86. The number of urea groups is 1. The SMILES string of the molecule is CCc1noc(CC)c1CNC(=O)Nc1cccc([S@](C)=O)c1. The Labute approximate surface area is 138 Å². The van der Waals surface area contributed by atoms with Crippen LogP contribution in [-0.4, -0.2) is 21.7 Å². The number of aryl methyl sites for hydroxylation is 2. The first-order valence-electron chi connectivity index (χ1n) is 7.49. The fraction of sp³-hybridized carbons (Fsp3) is 0.375. The molecule has 0 unspecified atom stereocenters. The lowest BCUT2D eigenvalue weighted by atomic mass is 10.1. The van der Waals surface area contributed by atoms with Crippen molar-refractivity contribution in [1.29, 1.82) is 0 Å². The van der Waals surface area contributed by atoms with Gasteiger partial charge in [0.1, 0.15) is 5.76 Å². The summed E-state index contributed by atoms with van der Waals surface area (Å²) in [6.45, 7) is 4.35. The second-order valence-electron chi connectivity index (χ2n) is 5.03. The van der Waals surface area contributed by atoms with Crippen LogP contribution < -0.4 is 10.6 Å². The number of rotatable bonds is 6. The van der Waals surface area contributed by atoms with Gasteiger partial charge in [0.2, 0.25) is 0 Å². The molecule has 0 saturated carbocycles. The lowest BCUT2D eigenvalue weighted by molar-refractivity contribution is 0.251. The van der Waals surface area contributed by atoms with Crippen LogP contribution in [0.5, 0.6) is 0 Å². The van der Waals surface area contributed by atoms with Crippen LogP contribution in [0.3, 0.4) is 0 Å². The third-order valence-corrected chi connectivity index (χ3v) is 4.37. The minimum absolute atomic E-state index is 0.325. The van der Waals surface area contributed by atoms with Gasteiger partial charge in [-0.3, -0.25) is 4.21 Å². The smallest absolute Gasteiger partial charge is 0.319 e. The van der Waals surface area contributed by atoms with Gasteiger partial charge in [-0.05, 0) is 24.6 Å². The molecular weight excluding hydrogens is 314 g/mol. The van der Waals surface area contributed by atoms with Gasteiger partial charge in [-0.25, -0.2) is 4.79 Å². The molecule has 0 radical (unpaired) electrons. The third kappa shape index (κ3) is 4.41. The number of nitrogens with zero attached hydrogens (tertiary/aromatic N) is 1. The largest absolute Gasteiger partial charge is 0.361 e. The van der Waals surface area contributed by atoms with Crippen molar-refractivity contribution in [3.8, 4) is 0 Å². The fourth-order valence-electron chi connectivity index (χ4n) is 2.23. The molecule has 0 aliphatic heterocycles. The number of hydrogen-bond acceptors (Lipinski definition) is 4. The van der Waals surface area contributed by atoms with Crippen LogP contribution in [0.25, 0.3) is 0 Å². The molecule has 6 nitrogen and oxygen atoms in total. The highest BCUT2D eigenvalue weighted by molar-refractivity contribution is 7.84. The van der Waals surface area contributed by atoms with Crippen LogP contribution in [0.2, 0.25) is 0 Å². The summed E-state index contributed by atoms with van der Waals surface area (Å²) in [5.41, 5.74) is 2.41. The minimum Gasteiger partial charge on any atom is -0.361 e. The van der Waals surface area contributed by atoms with Gasteiger partial charge in [-0.2, -0.15) is 0 Å². The second-order valence-corrected chi connectivity index (χ2v) is 6.41. The van der Waals surface area contributed by atoms with Crippen molar-refractivity contribution in [2.24, 2.45) is 0 Å². The maximum absolute atomic E-state index is 12.0. The van der Waals surface area contributed by atoms with Crippen molar-refractivity contribution in [2.45, 2.75) is 38.1 Å². The molecule has 0 saturated heterocycles. The summed E-state index contributed by atoms with van der Waals surface area (Å²) in [6.07, 6.45) is 3.09. The number of aromatic nitrogens is 1. The molecule has 124 valence electrons. The van der Waals surface area contributed by atoms with Crippen molar-refractivity contribution in [2.75, 3.05) is 11.6 Å². The first kappa shape index (κ1) is 17.2. The van der Waals surface area contributed by atoms with E-state index in [-0.39, 0.29) is 6.03 Å². The summed E-state index contributed by atoms with van der Waals surface area (Å²) in [4.78, 5) is 12.7. The fourth-order valence-corrected chi connectivity index (χ4v) is 2.80. The predicted molar refractivity (Wildman–Crippen MR) is 89.9 cm³/mol. The highest BCUT2D eigenvalue weighted by Crippen LogP contribution is 2.16. The van der Waals surface area contributed by atoms with Gasteiger partial charge in [0.05, 0.1) is 5.69 Å². The monoisotopic (exact) mass is 335 g/mol. The maximum atomic E-state index is 12.0. The van der Waals surface area contributed by atoms with Crippen LogP contribution in [0, 0.1) is 0 Å². The molecule has 2 N–H and O–H groups in total. The Balaban J connectivity index is 1.99. The topological polar surface area (TPSA) is 84.2 Å². The lowest BCUT2D eigenvalue weighted by Gasteiger charge is -2.09. The van der Waals surface area contributed by atoms with Gasteiger partial charge < -0.3 is 15.2 Å². The van der Waals surface area contributed by atoms with Gasteiger partial charge in [-0.1, -0.05) is 25.1 Å². The quantitative estimate of drug-likeness (QED) is 0.850. The van der Waals surface area contributed by atoms with Crippen LogP contribution >= 0.6 is 0 Å². The molecule has 0 aliphatic rings. The van der Waals surface area contributed by atoms with E-state index in [2.05, 4.69) is 15.8 Å². The van der Waals surface area contributed by atoms with Gasteiger partial charge in [0.25, 0.3) is 0 Å². The molecule has 23 heavy (non-hydrogen) atoms. The van der Waals surface area contributed by atoms with Crippen molar-refractivity contribution in [3.05, 3.63) is 41.3 Å². The highest BCUT2D eigenvalue weighted by Gasteiger charge is 2.14. The normalized spacial score (nSPS) is 12.0. The zero-order valence-corrected chi connectivity index (χ0v) is 14.3. The zero-order valence-electron chi connectivity index (χ0n) is 13.5. The molecule has 0 aliphatic carbocycles. The second kappa shape index (κ2) is 7.92. The van der Waals surface area contributed by atoms with Gasteiger partial charge in [0.15, 0.2) is 0 Å². The Morgan fingerprint density at radius 3 is 2.74 bits per heavy atom. The molecular formula is C16H21N3O3S. The third-order valence-electron chi connectivity index (χ3n) is 3.46.